The average molecular weight is 330 g/mol. The van der Waals surface area contributed by atoms with Gasteiger partial charge in [-0.3, -0.25) is 4.52 Å². The van der Waals surface area contributed by atoms with Crippen LogP contribution in [0.4, 0.5) is 0 Å². The van der Waals surface area contributed by atoms with E-state index in [1.165, 1.54) is 6.42 Å². The third kappa shape index (κ3) is 4.04. The van der Waals surface area contributed by atoms with Crippen LogP contribution >= 0.6 is 7.60 Å². The topological polar surface area (TPSA) is 35.5 Å². The van der Waals surface area contributed by atoms with Crippen LogP contribution < -0.4 is 9.83 Å². The van der Waals surface area contributed by atoms with Gasteiger partial charge in [-0.05, 0) is 43.5 Å². The summed E-state index contributed by atoms with van der Waals surface area (Å²) in [6.07, 6.45) is 5.40. The monoisotopic (exact) mass is 330 g/mol. The summed E-state index contributed by atoms with van der Waals surface area (Å²) in [5.41, 5.74) is 0.933. The predicted octanol–water partition coefficient (Wildman–Crippen LogP) is 5.24. The maximum atomic E-state index is 13.6. The van der Waals surface area contributed by atoms with Gasteiger partial charge in [-0.25, -0.2) is 4.57 Å². The zero-order chi connectivity index (χ0) is 16.1. The van der Waals surface area contributed by atoms with Gasteiger partial charge in [-0.1, -0.05) is 55.7 Å². The zero-order valence-electron chi connectivity index (χ0n) is 13.5. The Morgan fingerprint density at radius 2 is 1.57 bits per heavy atom. The number of aryl methyl sites for hydroxylation is 1. The maximum absolute atomic E-state index is 13.6. The Morgan fingerprint density at radius 3 is 2.26 bits per heavy atom. The van der Waals surface area contributed by atoms with Gasteiger partial charge in [-0.15, -0.1) is 0 Å². The molecule has 0 aliphatic heterocycles. The lowest BCUT2D eigenvalue weighted by molar-refractivity contribution is 0.142. The van der Waals surface area contributed by atoms with Crippen LogP contribution in [0.15, 0.2) is 54.6 Å². The predicted molar refractivity (Wildman–Crippen MR) is 93.4 cm³/mol. The Labute approximate surface area is 138 Å². The molecule has 0 aromatic heterocycles. The summed E-state index contributed by atoms with van der Waals surface area (Å²) in [6, 6.07) is 16.9. The lowest BCUT2D eigenvalue weighted by atomic mass is 9.98. The lowest BCUT2D eigenvalue weighted by Gasteiger charge is -2.28. The van der Waals surface area contributed by atoms with Crippen molar-refractivity contribution in [3.8, 4) is 5.75 Å². The van der Waals surface area contributed by atoms with E-state index in [0.717, 1.165) is 31.2 Å². The van der Waals surface area contributed by atoms with E-state index in [1.54, 1.807) is 0 Å². The molecule has 0 heterocycles. The van der Waals surface area contributed by atoms with Crippen LogP contribution in [0.2, 0.25) is 0 Å². The number of benzene rings is 2. The molecular weight excluding hydrogens is 307 g/mol. The molecule has 0 spiro atoms. The first-order valence-corrected chi connectivity index (χ1v) is 9.81. The Morgan fingerprint density at radius 1 is 0.913 bits per heavy atom. The van der Waals surface area contributed by atoms with Gasteiger partial charge >= 0.3 is 7.60 Å². The van der Waals surface area contributed by atoms with Crippen molar-refractivity contribution >= 4 is 12.9 Å². The first kappa shape index (κ1) is 16.3. The van der Waals surface area contributed by atoms with E-state index < -0.39 is 7.60 Å². The lowest BCUT2D eigenvalue weighted by Crippen LogP contribution is -2.22. The summed E-state index contributed by atoms with van der Waals surface area (Å²) in [5.74, 6) is 0.579. The van der Waals surface area contributed by atoms with E-state index in [4.69, 9.17) is 9.05 Å². The van der Waals surface area contributed by atoms with E-state index in [0.29, 0.717) is 11.1 Å². The standard InChI is InChI=1S/C19H23O3P/c1-16-10-8-9-15-19(16)23(20,21-17-11-4-2-5-12-17)22-18-13-6-3-7-14-18/h2,4-5,8-12,15,18H,3,6-7,13-14H2,1H3. The molecule has 23 heavy (non-hydrogen) atoms. The Bertz CT molecular complexity index is 678. The van der Waals surface area contributed by atoms with Gasteiger partial charge in [0.1, 0.15) is 5.75 Å². The van der Waals surface area contributed by atoms with Gasteiger partial charge in [0.2, 0.25) is 0 Å². The molecule has 0 bridgehead atoms. The highest BCUT2D eigenvalue weighted by molar-refractivity contribution is 7.62. The molecule has 1 unspecified atom stereocenters. The van der Waals surface area contributed by atoms with Crippen molar-refractivity contribution in [3.63, 3.8) is 0 Å². The van der Waals surface area contributed by atoms with Crippen molar-refractivity contribution in [1.29, 1.82) is 0 Å². The summed E-state index contributed by atoms with van der Waals surface area (Å²) in [6.45, 7) is 1.95. The second kappa shape index (κ2) is 7.33. The highest BCUT2D eigenvalue weighted by Gasteiger charge is 2.34. The van der Waals surface area contributed by atoms with Crippen molar-refractivity contribution < 1.29 is 13.6 Å². The van der Waals surface area contributed by atoms with E-state index in [9.17, 15) is 4.57 Å². The van der Waals surface area contributed by atoms with Crippen LogP contribution in [0.1, 0.15) is 37.7 Å². The first-order chi connectivity index (χ1) is 11.2. The fraction of sp³-hybridized carbons (Fsp3) is 0.368. The largest absolute Gasteiger partial charge is 0.421 e. The Balaban J connectivity index is 1.91. The van der Waals surface area contributed by atoms with E-state index in [1.807, 2.05) is 61.5 Å². The van der Waals surface area contributed by atoms with Crippen LogP contribution in [0.25, 0.3) is 0 Å². The molecule has 1 saturated carbocycles. The van der Waals surface area contributed by atoms with Crippen molar-refractivity contribution in [1.82, 2.24) is 0 Å². The number of hydrogen-bond acceptors (Lipinski definition) is 3. The highest BCUT2D eigenvalue weighted by atomic mass is 31.2. The second-order valence-corrected chi connectivity index (χ2v) is 7.92. The summed E-state index contributed by atoms with van der Waals surface area (Å²) >= 11 is 0. The summed E-state index contributed by atoms with van der Waals surface area (Å²) in [4.78, 5) is 0. The quantitative estimate of drug-likeness (QED) is 0.703. The molecule has 1 aliphatic rings. The molecule has 122 valence electrons. The van der Waals surface area contributed by atoms with Crippen LogP contribution in [0.5, 0.6) is 5.75 Å². The molecule has 0 N–H and O–H groups in total. The van der Waals surface area contributed by atoms with Gasteiger partial charge < -0.3 is 4.52 Å². The zero-order valence-corrected chi connectivity index (χ0v) is 14.4. The molecule has 3 rings (SSSR count). The third-order valence-electron chi connectivity index (χ3n) is 4.22. The van der Waals surface area contributed by atoms with Crippen LogP contribution in [-0.4, -0.2) is 6.10 Å². The Hall–Kier alpha value is -1.57. The van der Waals surface area contributed by atoms with E-state index >= 15 is 0 Å². The highest BCUT2D eigenvalue weighted by Crippen LogP contribution is 2.50. The normalized spacial score (nSPS) is 18.3. The van der Waals surface area contributed by atoms with Gasteiger partial charge in [0.15, 0.2) is 0 Å². The number of para-hydroxylation sites is 1. The summed E-state index contributed by atoms with van der Waals surface area (Å²) in [5, 5.41) is 0.662. The van der Waals surface area contributed by atoms with E-state index in [-0.39, 0.29) is 6.10 Å². The molecule has 2 aromatic rings. The Kier molecular flexibility index (Phi) is 5.20. The van der Waals surface area contributed by atoms with Crippen molar-refractivity contribution in [2.24, 2.45) is 0 Å². The summed E-state index contributed by atoms with van der Waals surface area (Å²) in [7, 11) is -3.40. The molecule has 0 amide bonds. The maximum Gasteiger partial charge on any atom is 0.411 e. The van der Waals surface area contributed by atoms with Crippen LogP contribution in [0, 0.1) is 6.92 Å². The van der Waals surface area contributed by atoms with E-state index in [2.05, 4.69) is 0 Å². The second-order valence-electron chi connectivity index (χ2n) is 6.05. The van der Waals surface area contributed by atoms with Crippen molar-refractivity contribution in [3.05, 3.63) is 60.2 Å². The smallest absolute Gasteiger partial charge is 0.411 e. The van der Waals surface area contributed by atoms with Gasteiger partial charge in [0, 0.05) is 0 Å². The fourth-order valence-electron chi connectivity index (χ4n) is 2.99. The molecule has 0 saturated heterocycles. The van der Waals surface area contributed by atoms with Crippen LogP contribution in [-0.2, 0) is 9.09 Å². The molecule has 1 atom stereocenters. The van der Waals surface area contributed by atoms with Gasteiger partial charge in [-0.2, -0.15) is 0 Å². The molecular formula is C19H23O3P. The minimum Gasteiger partial charge on any atom is -0.421 e. The van der Waals surface area contributed by atoms with Crippen molar-refractivity contribution in [2.75, 3.05) is 0 Å². The molecule has 4 heteroatoms. The van der Waals surface area contributed by atoms with Gasteiger partial charge in [0.05, 0.1) is 11.4 Å². The fourth-order valence-corrected chi connectivity index (χ4v) is 5.02. The SMILES string of the molecule is Cc1ccccc1P(=O)(Oc1ccccc1)OC1CCCCC1. The summed E-state index contributed by atoms with van der Waals surface area (Å²) < 4.78 is 25.6. The molecule has 1 aliphatic carbocycles. The number of hydrogen-bond donors (Lipinski definition) is 0. The third-order valence-corrected chi connectivity index (χ3v) is 6.34. The minimum absolute atomic E-state index is 0.0119. The first-order valence-electron chi connectivity index (χ1n) is 8.27. The molecule has 1 fully saturated rings. The molecule has 3 nitrogen and oxygen atoms in total. The molecule has 2 aromatic carbocycles. The van der Waals surface area contributed by atoms with Gasteiger partial charge in [0.25, 0.3) is 0 Å². The number of rotatable bonds is 5. The van der Waals surface area contributed by atoms with Crippen LogP contribution in [0.3, 0.4) is 0 Å². The minimum atomic E-state index is -3.40. The van der Waals surface area contributed by atoms with Crippen molar-refractivity contribution in [2.45, 2.75) is 45.1 Å². The molecule has 0 radical (unpaired) electrons. The average Bonchev–Trinajstić information content (AvgIpc) is 2.57.